The molecule has 92 valence electrons. The molecule has 3 nitrogen and oxygen atoms in total. The minimum Gasteiger partial charge on any atom is -0.368 e. The molecule has 0 bridgehead atoms. The molecule has 0 radical (unpaired) electrons. The molecule has 1 fully saturated rings. The van der Waals surface area contributed by atoms with Crippen molar-refractivity contribution in [3.05, 3.63) is 28.5 Å². The van der Waals surface area contributed by atoms with Crippen LogP contribution in [0.2, 0.25) is 0 Å². The number of hydrogen-bond acceptors (Lipinski definition) is 2. The summed E-state index contributed by atoms with van der Waals surface area (Å²) in [6.45, 7) is 0.628. The van der Waals surface area contributed by atoms with E-state index in [2.05, 4.69) is 21.2 Å². The zero-order valence-electron chi connectivity index (χ0n) is 9.21. The van der Waals surface area contributed by atoms with Gasteiger partial charge in [0.2, 0.25) is 0 Å². The lowest BCUT2D eigenvalue weighted by molar-refractivity contribution is -0.129. The molecule has 1 aromatic carbocycles. The molecule has 1 saturated heterocycles. The molecule has 1 amide bonds. The maximum Gasteiger partial charge on any atom is 0.253 e. The smallest absolute Gasteiger partial charge is 0.253 e. The van der Waals surface area contributed by atoms with Crippen molar-refractivity contribution < 1.29 is 13.9 Å². The maximum atomic E-state index is 12.9. The van der Waals surface area contributed by atoms with Crippen LogP contribution in [0.15, 0.2) is 22.7 Å². The fraction of sp³-hybridized carbons (Fsp3) is 0.417. The lowest BCUT2D eigenvalue weighted by atomic mass is 10.1. The Hall–Kier alpha value is -0.940. The second-order valence-electron chi connectivity index (χ2n) is 3.97. The van der Waals surface area contributed by atoms with Crippen LogP contribution in [0.3, 0.4) is 0 Å². The van der Waals surface area contributed by atoms with Crippen molar-refractivity contribution in [2.24, 2.45) is 0 Å². The Kier molecular flexibility index (Phi) is 4.12. The lowest BCUT2D eigenvalue weighted by Crippen LogP contribution is -2.33. The summed E-state index contributed by atoms with van der Waals surface area (Å²) in [5, 5.41) is 2.73. The van der Waals surface area contributed by atoms with Gasteiger partial charge in [-0.05, 0) is 53.4 Å². The van der Waals surface area contributed by atoms with Crippen molar-refractivity contribution in [2.45, 2.75) is 25.4 Å². The average Bonchev–Trinajstić information content (AvgIpc) is 2.34. The van der Waals surface area contributed by atoms with Gasteiger partial charge in [-0.1, -0.05) is 0 Å². The van der Waals surface area contributed by atoms with Gasteiger partial charge in [0.25, 0.3) is 5.91 Å². The number of halogens is 2. The summed E-state index contributed by atoms with van der Waals surface area (Å²) in [7, 11) is 0. The molecule has 1 aromatic rings. The molecule has 1 aliphatic rings. The molecule has 0 aromatic heterocycles. The molecule has 17 heavy (non-hydrogen) atoms. The van der Waals surface area contributed by atoms with Crippen LogP contribution in [0.5, 0.6) is 0 Å². The van der Waals surface area contributed by atoms with E-state index in [1.54, 1.807) is 0 Å². The fourth-order valence-corrected chi connectivity index (χ4v) is 2.20. The normalized spacial score (nSPS) is 20.0. The second kappa shape index (κ2) is 5.60. The van der Waals surface area contributed by atoms with Crippen molar-refractivity contribution in [2.75, 3.05) is 11.9 Å². The van der Waals surface area contributed by atoms with E-state index in [4.69, 9.17) is 4.74 Å². The standard InChI is InChI=1S/C12H13BrFNO2/c13-9-7-8(14)4-5-10(9)15-12(16)11-3-1-2-6-17-11/h4-5,7,11H,1-3,6H2,(H,15,16). The van der Waals surface area contributed by atoms with Crippen LogP contribution in [-0.2, 0) is 9.53 Å². The Morgan fingerprint density at radius 1 is 1.47 bits per heavy atom. The fourth-order valence-electron chi connectivity index (χ4n) is 1.75. The number of benzene rings is 1. The van der Waals surface area contributed by atoms with Crippen LogP contribution in [0.25, 0.3) is 0 Å². The van der Waals surface area contributed by atoms with E-state index >= 15 is 0 Å². The minimum absolute atomic E-state index is 0.169. The highest BCUT2D eigenvalue weighted by atomic mass is 79.9. The Bertz CT molecular complexity index is 419. The third-order valence-electron chi connectivity index (χ3n) is 2.66. The van der Waals surface area contributed by atoms with Gasteiger partial charge in [-0.25, -0.2) is 4.39 Å². The predicted molar refractivity (Wildman–Crippen MR) is 66.3 cm³/mol. The van der Waals surface area contributed by atoms with Gasteiger partial charge >= 0.3 is 0 Å². The highest BCUT2D eigenvalue weighted by molar-refractivity contribution is 9.10. The van der Waals surface area contributed by atoms with Gasteiger partial charge in [0.1, 0.15) is 11.9 Å². The third kappa shape index (κ3) is 3.26. The Morgan fingerprint density at radius 3 is 2.94 bits per heavy atom. The van der Waals surface area contributed by atoms with E-state index in [1.165, 1.54) is 18.2 Å². The van der Waals surface area contributed by atoms with Gasteiger partial charge in [0.05, 0.1) is 5.69 Å². The molecular weight excluding hydrogens is 289 g/mol. The van der Waals surface area contributed by atoms with Crippen LogP contribution < -0.4 is 5.32 Å². The van der Waals surface area contributed by atoms with Crippen LogP contribution in [0.4, 0.5) is 10.1 Å². The summed E-state index contributed by atoms with van der Waals surface area (Å²) in [4.78, 5) is 11.9. The van der Waals surface area contributed by atoms with Crippen molar-refractivity contribution in [1.82, 2.24) is 0 Å². The first-order valence-electron chi connectivity index (χ1n) is 5.54. The first-order valence-corrected chi connectivity index (χ1v) is 6.33. The summed E-state index contributed by atoms with van der Waals surface area (Å²) in [5.74, 6) is -0.513. The van der Waals surface area contributed by atoms with Crippen LogP contribution in [-0.4, -0.2) is 18.6 Å². The van der Waals surface area contributed by atoms with E-state index in [-0.39, 0.29) is 17.8 Å². The lowest BCUT2D eigenvalue weighted by Gasteiger charge is -2.21. The van der Waals surface area contributed by atoms with Crippen molar-refractivity contribution >= 4 is 27.5 Å². The first kappa shape index (κ1) is 12.5. The summed E-state index contributed by atoms with van der Waals surface area (Å²) in [6, 6.07) is 4.15. The summed E-state index contributed by atoms with van der Waals surface area (Å²) < 4.78 is 18.8. The zero-order valence-corrected chi connectivity index (χ0v) is 10.8. The summed E-state index contributed by atoms with van der Waals surface area (Å²) in [6.07, 6.45) is 2.36. The third-order valence-corrected chi connectivity index (χ3v) is 3.32. The summed E-state index contributed by atoms with van der Waals surface area (Å²) in [5.41, 5.74) is 0.561. The quantitative estimate of drug-likeness (QED) is 0.911. The number of nitrogens with one attached hydrogen (secondary N) is 1. The Labute approximate surface area is 107 Å². The second-order valence-corrected chi connectivity index (χ2v) is 4.82. The number of ether oxygens (including phenoxy) is 1. The predicted octanol–water partition coefficient (Wildman–Crippen LogP) is 3.10. The molecular formula is C12H13BrFNO2. The van der Waals surface area contributed by atoms with Crippen LogP contribution in [0, 0.1) is 5.82 Å². The van der Waals surface area contributed by atoms with Gasteiger partial charge in [-0.3, -0.25) is 4.79 Å². The molecule has 0 spiro atoms. The number of carbonyl (C=O) groups excluding carboxylic acids is 1. The molecule has 1 aliphatic heterocycles. The van der Waals surface area contributed by atoms with E-state index in [0.717, 1.165) is 19.3 Å². The van der Waals surface area contributed by atoms with Crippen LogP contribution >= 0.6 is 15.9 Å². The molecule has 1 atom stereocenters. The highest BCUT2D eigenvalue weighted by Crippen LogP contribution is 2.24. The van der Waals surface area contributed by atoms with E-state index in [1.807, 2.05) is 0 Å². The van der Waals surface area contributed by atoms with Crippen molar-refractivity contribution in [1.29, 1.82) is 0 Å². The van der Waals surface area contributed by atoms with Gasteiger partial charge in [0, 0.05) is 11.1 Å². The van der Waals surface area contributed by atoms with Crippen LogP contribution in [0.1, 0.15) is 19.3 Å². The van der Waals surface area contributed by atoms with Crippen molar-refractivity contribution in [3.8, 4) is 0 Å². The molecule has 1 N–H and O–H groups in total. The molecule has 2 rings (SSSR count). The summed E-state index contributed by atoms with van der Waals surface area (Å²) >= 11 is 3.20. The van der Waals surface area contributed by atoms with E-state index in [9.17, 15) is 9.18 Å². The van der Waals surface area contributed by atoms with Gasteiger partial charge in [-0.2, -0.15) is 0 Å². The van der Waals surface area contributed by atoms with E-state index in [0.29, 0.717) is 16.8 Å². The minimum atomic E-state index is -0.388. The first-order chi connectivity index (χ1) is 8.16. The Balaban J connectivity index is 2.02. The van der Waals surface area contributed by atoms with Gasteiger partial charge in [0.15, 0.2) is 0 Å². The number of rotatable bonds is 2. The zero-order chi connectivity index (χ0) is 12.3. The SMILES string of the molecule is O=C(Nc1ccc(F)cc1Br)C1CCCCO1. The molecule has 1 unspecified atom stereocenters. The van der Waals surface area contributed by atoms with Crippen molar-refractivity contribution in [3.63, 3.8) is 0 Å². The number of amides is 1. The largest absolute Gasteiger partial charge is 0.368 e. The topological polar surface area (TPSA) is 38.3 Å². The molecule has 0 aliphatic carbocycles. The van der Waals surface area contributed by atoms with Gasteiger partial charge < -0.3 is 10.1 Å². The monoisotopic (exact) mass is 301 g/mol. The highest BCUT2D eigenvalue weighted by Gasteiger charge is 2.22. The Morgan fingerprint density at radius 2 is 2.29 bits per heavy atom. The average molecular weight is 302 g/mol. The van der Waals surface area contributed by atoms with E-state index < -0.39 is 0 Å². The maximum absolute atomic E-state index is 12.9. The van der Waals surface area contributed by atoms with Gasteiger partial charge in [-0.15, -0.1) is 0 Å². The number of carbonyl (C=O) groups is 1. The number of anilines is 1. The molecule has 1 heterocycles. The number of hydrogen-bond donors (Lipinski definition) is 1. The molecule has 5 heteroatoms. The molecule has 0 saturated carbocycles.